The van der Waals surface area contributed by atoms with Gasteiger partial charge in [0.2, 0.25) is 0 Å². The van der Waals surface area contributed by atoms with Crippen LogP contribution in [0.1, 0.15) is 49.7 Å². The Morgan fingerprint density at radius 2 is 2.11 bits per heavy atom. The Hall–Kier alpha value is -1.15. The summed E-state index contributed by atoms with van der Waals surface area (Å²) in [5, 5.41) is 0. The van der Waals surface area contributed by atoms with Crippen LogP contribution in [0.25, 0.3) is 0 Å². The van der Waals surface area contributed by atoms with Crippen LogP contribution in [0.2, 0.25) is 0 Å². The van der Waals surface area contributed by atoms with E-state index in [4.69, 9.17) is 17.8 Å². The van der Waals surface area contributed by atoms with Crippen LogP contribution in [0.15, 0.2) is 18.2 Å². The molecule has 0 amide bonds. The molecule has 6 nitrogen and oxygen atoms in total. The first-order chi connectivity index (χ1) is 12.9. The van der Waals surface area contributed by atoms with Crippen molar-refractivity contribution >= 4 is 10.4 Å². The monoisotopic (exact) mass is 394 g/mol. The number of benzene rings is 1. The minimum Gasteiger partial charge on any atom is -0.468 e. The average Bonchev–Trinajstić information content (AvgIpc) is 3.09. The third-order valence-electron chi connectivity index (χ3n) is 7.42. The SMILES string of the molecule is COCOc1ccc2c(c1)CC[C@@H]1[C@@H]2CC[C@@]2(C)[C@H]1C[C@@H]1OS(=O)(=O)O[C@@H]12. The van der Waals surface area contributed by atoms with Crippen molar-refractivity contribution < 1.29 is 26.3 Å². The predicted octanol–water partition coefficient (Wildman–Crippen LogP) is 3.16. The zero-order valence-electron chi connectivity index (χ0n) is 15.7. The van der Waals surface area contributed by atoms with E-state index in [1.54, 1.807) is 7.11 Å². The summed E-state index contributed by atoms with van der Waals surface area (Å²) in [7, 11) is -2.19. The van der Waals surface area contributed by atoms with Gasteiger partial charge in [0, 0.05) is 12.5 Å². The molecule has 0 unspecified atom stereocenters. The van der Waals surface area contributed by atoms with Crippen molar-refractivity contribution in [1.29, 1.82) is 0 Å². The van der Waals surface area contributed by atoms with E-state index in [2.05, 4.69) is 19.1 Å². The Balaban J connectivity index is 1.41. The van der Waals surface area contributed by atoms with Crippen molar-refractivity contribution in [2.24, 2.45) is 17.3 Å². The molecule has 0 bridgehead atoms. The number of ether oxygens (including phenoxy) is 2. The second kappa shape index (κ2) is 6.17. The van der Waals surface area contributed by atoms with Gasteiger partial charge in [-0.1, -0.05) is 13.0 Å². The Labute approximate surface area is 160 Å². The topological polar surface area (TPSA) is 71.1 Å². The van der Waals surface area contributed by atoms with Crippen molar-refractivity contribution in [3.05, 3.63) is 29.3 Å². The molecule has 0 N–H and O–H groups in total. The fourth-order valence-corrected chi connectivity index (χ4v) is 7.41. The number of rotatable bonds is 3. The van der Waals surface area contributed by atoms with E-state index in [1.165, 1.54) is 11.1 Å². The predicted molar refractivity (Wildman–Crippen MR) is 97.6 cm³/mol. The normalized spacial score (nSPS) is 41.3. The maximum atomic E-state index is 11.7. The van der Waals surface area contributed by atoms with Gasteiger partial charge >= 0.3 is 10.4 Å². The average molecular weight is 394 g/mol. The summed E-state index contributed by atoms with van der Waals surface area (Å²) in [5.41, 5.74) is 2.69. The van der Waals surface area contributed by atoms with Gasteiger partial charge in [-0.05, 0) is 73.1 Å². The molecule has 2 saturated carbocycles. The molecule has 1 aliphatic heterocycles. The van der Waals surface area contributed by atoms with E-state index in [0.717, 1.165) is 37.9 Å². The third-order valence-corrected chi connectivity index (χ3v) is 8.34. The number of fused-ring (bicyclic) bond motifs is 7. The number of hydrogen-bond acceptors (Lipinski definition) is 6. The number of aryl methyl sites for hydroxylation is 1. The van der Waals surface area contributed by atoms with E-state index < -0.39 is 10.4 Å². The Kier molecular flexibility index (Phi) is 4.10. The molecule has 1 saturated heterocycles. The Morgan fingerprint density at radius 3 is 2.93 bits per heavy atom. The van der Waals surface area contributed by atoms with Crippen molar-refractivity contribution in [3.8, 4) is 5.75 Å². The first-order valence-corrected chi connectivity index (χ1v) is 11.1. The van der Waals surface area contributed by atoms with E-state index >= 15 is 0 Å². The highest BCUT2D eigenvalue weighted by atomic mass is 32.3. The summed E-state index contributed by atoms with van der Waals surface area (Å²) in [6, 6.07) is 6.41. The van der Waals surface area contributed by atoms with Crippen LogP contribution in [-0.2, 0) is 29.9 Å². The maximum absolute atomic E-state index is 11.7. The van der Waals surface area contributed by atoms with Crippen LogP contribution in [0.4, 0.5) is 0 Å². The standard InChI is InChI=1S/C20H26O6S/c1-20-8-7-15-14-6-4-13(24-11-23-2)9-12(14)3-5-16(15)17(20)10-18-19(20)26-27(21,22)25-18/h4,6,9,15-19H,3,5,7-8,10-11H2,1-2H3/t15-,16-,17+,18+,19+,20+/m1/s1. The molecule has 0 aromatic heterocycles. The lowest BCUT2D eigenvalue weighted by Crippen LogP contribution is -2.44. The maximum Gasteiger partial charge on any atom is 0.400 e. The van der Waals surface area contributed by atoms with Crippen LogP contribution in [-0.4, -0.2) is 34.5 Å². The fourth-order valence-electron chi connectivity index (χ4n) is 6.28. The minimum atomic E-state index is -3.81. The van der Waals surface area contributed by atoms with Crippen molar-refractivity contribution in [1.82, 2.24) is 0 Å². The van der Waals surface area contributed by atoms with Crippen LogP contribution >= 0.6 is 0 Å². The van der Waals surface area contributed by atoms with Gasteiger partial charge in [-0.15, -0.1) is 0 Å². The van der Waals surface area contributed by atoms with Crippen LogP contribution in [0.3, 0.4) is 0 Å². The summed E-state index contributed by atoms with van der Waals surface area (Å²) in [6.07, 6.45) is 4.34. The van der Waals surface area contributed by atoms with E-state index in [9.17, 15) is 8.42 Å². The molecule has 7 heteroatoms. The minimum absolute atomic E-state index is 0.117. The van der Waals surface area contributed by atoms with Crippen LogP contribution in [0.5, 0.6) is 5.75 Å². The Bertz CT molecular complexity index is 852. The molecule has 0 radical (unpaired) electrons. The quantitative estimate of drug-likeness (QED) is 0.734. The number of methoxy groups -OCH3 is 1. The molecule has 5 rings (SSSR count). The molecule has 3 aliphatic carbocycles. The smallest absolute Gasteiger partial charge is 0.400 e. The molecule has 1 heterocycles. The summed E-state index contributed by atoms with van der Waals surface area (Å²) < 4.78 is 44.7. The van der Waals surface area contributed by atoms with E-state index in [0.29, 0.717) is 17.8 Å². The molecule has 6 atom stereocenters. The fraction of sp³-hybridized carbons (Fsp3) is 0.700. The van der Waals surface area contributed by atoms with Gasteiger partial charge in [-0.3, -0.25) is 0 Å². The van der Waals surface area contributed by atoms with Gasteiger partial charge in [0.05, 0.1) is 0 Å². The summed E-state index contributed by atoms with van der Waals surface area (Å²) in [6.45, 7) is 2.47. The van der Waals surface area contributed by atoms with Gasteiger partial charge < -0.3 is 9.47 Å². The summed E-state index contributed by atoms with van der Waals surface area (Å²) >= 11 is 0. The van der Waals surface area contributed by atoms with Gasteiger partial charge in [0.1, 0.15) is 18.0 Å². The first-order valence-electron chi connectivity index (χ1n) is 9.77. The molecule has 148 valence electrons. The number of hydrogen-bond donors (Lipinski definition) is 0. The van der Waals surface area contributed by atoms with Gasteiger partial charge in [0.25, 0.3) is 0 Å². The lowest BCUT2D eigenvalue weighted by atomic mass is 9.55. The van der Waals surface area contributed by atoms with Gasteiger partial charge in [0.15, 0.2) is 6.79 Å². The molecule has 0 spiro atoms. The molecule has 1 aromatic rings. The molecule has 4 aliphatic rings. The summed E-state index contributed by atoms with van der Waals surface area (Å²) in [5.74, 6) is 2.39. The van der Waals surface area contributed by atoms with Crippen molar-refractivity contribution in [3.63, 3.8) is 0 Å². The molecule has 1 aromatic carbocycles. The largest absolute Gasteiger partial charge is 0.468 e. The molecular weight excluding hydrogens is 368 g/mol. The van der Waals surface area contributed by atoms with Gasteiger partial charge in [-0.25, -0.2) is 8.37 Å². The molecule has 3 fully saturated rings. The molecule has 27 heavy (non-hydrogen) atoms. The van der Waals surface area contributed by atoms with Crippen LogP contribution in [0, 0.1) is 17.3 Å². The summed E-state index contributed by atoms with van der Waals surface area (Å²) in [4.78, 5) is 0. The van der Waals surface area contributed by atoms with Crippen LogP contribution < -0.4 is 4.74 Å². The van der Waals surface area contributed by atoms with E-state index in [-0.39, 0.29) is 24.4 Å². The molecular formula is C20H26O6S. The Morgan fingerprint density at radius 1 is 1.26 bits per heavy atom. The zero-order valence-corrected chi connectivity index (χ0v) is 16.5. The third kappa shape index (κ3) is 2.74. The lowest BCUT2D eigenvalue weighted by molar-refractivity contribution is -0.00572. The van der Waals surface area contributed by atoms with Crippen molar-refractivity contribution in [2.45, 2.75) is 57.2 Å². The highest BCUT2D eigenvalue weighted by molar-refractivity contribution is 7.82. The second-order valence-corrected chi connectivity index (χ2v) is 9.87. The second-order valence-electron chi connectivity index (χ2n) is 8.67. The van der Waals surface area contributed by atoms with Crippen molar-refractivity contribution in [2.75, 3.05) is 13.9 Å². The lowest BCUT2D eigenvalue weighted by Gasteiger charge is -2.50. The highest BCUT2D eigenvalue weighted by Gasteiger charge is 2.63. The zero-order chi connectivity index (χ0) is 18.8. The van der Waals surface area contributed by atoms with E-state index in [1.807, 2.05) is 6.07 Å². The van der Waals surface area contributed by atoms with Gasteiger partial charge in [-0.2, -0.15) is 8.42 Å². The highest BCUT2D eigenvalue weighted by Crippen LogP contribution is 2.63. The first kappa shape index (κ1) is 17.9.